The number of methoxy groups -OCH3 is 2. The van der Waals surface area contributed by atoms with Crippen LogP contribution >= 0.6 is 0 Å². The van der Waals surface area contributed by atoms with E-state index < -0.39 is 5.82 Å². The first kappa shape index (κ1) is 23.9. The first-order valence-electron chi connectivity index (χ1n) is 12.5. The quantitative estimate of drug-likeness (QED) is 0.319. The molecule has 0 unspecified atom stereocenters. The summed E-state index contributed by atoms with van der Waals surface area (Å²) in [4.78, 5) is 18.4. The predicted octanol–water partition coefficient (Wildman–Crippen LogP) is 5.61. The van der Waals surface area contributed by atoms with Crippen molar-refractivity contribution in [2.24, 2.45) is 0 Å². The maximum Gasteiger partial charge on any atom is 0.226 e. The molecule has 0 saturated carbocycles. The van der Waals surface area contributed by atoms with Crippen LogP contribution in [0.25, 0.3) is 44.6 Å². The fourth-order valence-corrected chi connectivity index (χ4v) is 5.47. The van der Waals surface area contributed by atoms with Crippen molar-refractivity contribution in [1.82, 2.24) is 24.8 Å². The van der Waals surface area contributed by atoms with E-state index >= 15 is 4.39 Å². The van der Waals surface area contributed by atoms with Crippen molar-refractivity contribution < 1.29 is 13.9 Å². The molecule has 1 fully saturated rings. The number of H-pyrrole nitrogens is 2. The molecule has 5 aromatic rings. The van der Waals surface area contributed by atoms with Crippen LogP contribution < -0.4 is 9.47 Å². The molecule has 9 heteroatoms. The van der Waals surface area contributed by atoms with E-state index in [1.54, 1.807) is 18.3 Å². The second-order valence-electron chi connectivity index (χ2n) is 9.67. The first-order chi connectivity index (χ1) is 18.5. The Balaban J connectivity index is 1.53. The minimum atomic E-state index is -0.501. The fourth-order valence-electron chi connectivity index (χ4n) is 5.47. The lowest BCUT2D eigenvalue weighted by molar-refractivity contribution is 0.255. The van der Waals surface area contributed by atoms with E-state index in [0.717, 1.165) is 37.0 Å². The molecule has 0 radical (unpaired) electrons. The van der Waals surface area contributed by atoms with Crippen molar-refractivity contribution in [2.75, 3.05) is 34.4 Å². The number of halogens is 1. The zero-order valence-corrected chi connectivity index (χ0v) is 21.4. The van der Waals surface area contributed by atoms with Crippen LogP contribution in [0, 0.1) is 17.1 Å². The molecule has 6 rings (SSSR count). The summed E-state index contributed by atoms with van der Waals surface area (Å²) in [6.45, 7) is 2.17. The van der Waals surface area contributed by atoms with Crippen LogP contribution in [0.1, 0.15) is 29.9 Å². The van der Waals surface area contributed by atoms with Gasteiger partial charge in [-0.2, -0.15) is 5.26 Å². The normalized spacial score (nSPS) is 14.7. The van der Waals surface area contributed by atoms with E-state index in [1.807, 2.05) is 0 Å². The van der Waals surface area contributed by atoms with Gasteiger partial charge in [0.2, 0.25) is 5.88 Å². The summed E-state index contributed by atoms with van der Waals surface area (Å²) in [5.41, 5.74) is 4.92. The Morgan fingerprint density at radius 3 is 2.63 bits per heavy atom. The van der Waals surface area contributed by atoms with Crippen LogP contribution in [0.5, 0.6) is 11.6 Å². The number of rotatable bonds is 5. The topological polar surface area (TPSA) is 103 Å². The molecule has 0 bridgehead atoms. The van der Waals surface area contributed by atoms with Crippen molar-refractivity contribution in [1.29, 1.82) is 5.26 Å². The predicted molar refractivity (Wildman–Crippen MR) is 144 cm³/mol. The summed E-state index contributed by atoms with van der Waals surface area (Å²) in [7, 11) is 5.16. The van der Waals surface area contributed by atoms with Gasteiger partial charge in [-0.1, -0.05) is 12.1 Å². The number of piperidine rings is 1. The molecule has 0 atom stereocenters. The molecule has 0 aliphatic carbocycles. The smallest absolute Gasteiger partial charge is 0.226 e. The maximum absolute atomic E-state index is 15.0. The number of fused-ring (bicyclic) bond motifs is 2. The highest BCUT2D eigenvalue weighted by Crippen LogP contribution is 2.42. The van der Waals surface area contributed by atoms with Gasteiger partial charge >= 0.3 is 0 Å². The Hall–Kier alpha value is -4.42. The van der Waals surface area contributed by atoms with Crippen LogP contribution in [-0.4, -0.2) is 59.2 Å². The van der Waals surface area contributed by atoms with Crippen LogP contribution in [-0.2, 0) is 0 Å². The highest BCUT2D eigenvalue weighted by molar-refractivity contribution is 6.03. The summed E-state index contributed by atoms with van der Waals surface area (Å²) in [5, 5.41) is 10.6. The zero-order chi connectivity index (χ0) is 26.4. The Morgan fingerprint density at radius 1 is 1.08 bits per heavy atom. The molecular formula is C29H27FN6O2. The standard InChI is InChI=1S/C29H27FN6O2/c1-36-11-9-16(10-12-36)17-7-8-21-22(13-17)34-28(33-21)25-27-19(15-32-29(25)38-3)18(14-31)26(35-27)24-20(30)5-4-6-23(24)37-2/h4-8,13,15-16,35H,9-12H2,1-3H3,(H,33,34). The molecule has 38 heavy (non-hydrogen) atoms. The molecule has 8 nitrogen and oxygen atoms in total. The van der Waals surface area contributed by atoms with Gasteiger partial charge in [-0.3, -0.25) is 0 Å². The molecule has 1 aliphatic rings. The van der Waals surface area contributed by atoms with Crippen molar-refractivity contribution >= 4 is 21.9 Å². The summed E-state index contributed by atoms with van der Waals surface area (Å²) < 4.78 is 26.0. The average Bonchev–Trinajstić information content (AvgIpc) is 3.53. The van der Waals surface area contributed by atoms with Gasteiger partial charge in [-0.05, 0) is 68.7 Å². The number of aromatic amines is 2. The monoisotopic (exact) mass is 510 g/mol. The Kier molecular flexibility index (Phi) is 5.97. The summed E-state index contributed by atoms with van der Waals surface area (Å²) in [6.07, 6.45) is 3.81. The molecule has 1 aliphatic heterocycles. The number of aromatic nitrogens is 4. The molecule has 3 aromatic heterocycles. The van der Waals surface area contributed by atoms with Gasteiger partial charge in [0.15, 0.2) is 0 Å². The van der Waals surface area contributed by atoms with Gasteiger partial charge in [0.05, 0.1) is 47.6 Å². The third kappa shape index (κ3) is 3.85. The lowest BCUT2D eigenvalue weighted by atomic mass is 9.89. The highest BCUT2D eigenvalue weighted by Gasteiger charge is 2.26. The van der Waals surface area contributed by atoms with Crippen molar-refractivity contribution in [2.45, 2.75) is 18.8 Å². The lowest BCUT2D eigenvalue weighted by Crippen LogP contribution is -2.29. The van der Waals surface area contributed by atoms with Gasteiger partial charge in [0, 0.05) is 11.6 Å². The fraction of sp³-hybridized carbons (Fsp3) is 0.276. The number of pyridine rings is 1. The summed E-state index contributed by atoms with van der Waals surface area (Å²) in [5.74, 6) is 1.21. The van der Waals surface area contributed by atoms with Gasteiger partial charge in [0.25, 0.3) is 0 Å². The van der Waals surface area contributed by atoms with E-state index in [-0.39, 0.29) is 11.1 Å². The maximum atomic E-state index is 15.0. The van der Waals surface area contributed by atoms with Crippen molar-refractivity contribution in [3.05, 3.63) is 59.5 Å². The van der Waals surface area contributed by atoms with Crippen LogP contribution in [0.2, 0.25) is 0 Å². The number of hydrogen-bond donors (Lipinski definition) is 2. The average molecular weight is 511 g/mol. The van der Waals surface area contributed by atoms with E-state index in [2.05, 4.69) is 51.2 Å². The molecular weight excluding hydrogens is 483 g/mol. The van der Waals surface area contributed by atoms with E-state index in [4.69, 9.17) is 14.5 Å². The SMILES string of the molecule is COc1cccc(F)c1-c1[nH]c2c(-c3nc4cc(C5CCN(C)CC5)ccc4[nH]3)c(OC)ncc2c1C#N. The Bertz CT molecular complexity index is 1710. The molecule has 0 amide bonds. The lowest BCUT2D eigenvalue weighted by Gasteiger charge is -2.29. The third-order valence-corrected chi connectivity index (χ3v) is 7.50. The number of likely N-dealkylation sites (tertiary alicyclic amines) is 1. The number of ether oxygens (including phenoxy) is 2. The first-order valence-corrected chi connectivity index (χ1v) is 12.5. The second-order valence-corrected chi connectivity index (χ2v) is 9.67. The number of nitriles is 1. The van der Waals surface area contributed by atoms with Gasteiger partial charge < -0.3 is 24.3 Å². The van der Waals surface area contributed by atoms with Gasteiger partial charge in [-0.15, -0.1) is 0 Å². The number of benzene rings is 2. The second kappa shape index (κ2) is 9.47. The van der Waals surface area contributed by atoms with Crippen molar-refractivity contribution in [3.63, 3.8) is 0 Å². The molecule has 192 valence electrons. The Morgan fingerprint density at radius 2 is 1.89 bits per heavy atom. The van der Waals surface area contributed by atoms with Crippen molar-refractivity contribution in [3.8, 4) is 40.3 Å². The zero-order valence-electron chi connectivity index (χ0n) is 21.4. The summed E-state index contributed by atoms with van der Waals surface area (Å²) >= 11 is 0. The molecule has 1 saturated heterocycles. The highest BCUT2D eigenvalue weighted by atomic mass is 19.1. The molecule has 2 N–H and O–H groups in total. The van der Waals surface area contributed by atoms with Gasteiger partial charge in [-0.25, -0.2) is 14.4 Å². The van der Waals surface area contributed by atoms with Crippen LogP contribution in [0.4, 0.5) is 4.39 Å². The van der Waals surface area contributed by atoms with E-state index in [9.17, 15) is 5.26 Å². The minimum Gasteiger partial charge on any atom is -0.496 e. The number of nitrogens with one attached hydrogen (secondary N) is 2. The van der Waals surface area contributed by atoms with Crippen LogP contribution in [0.3, 0.4) is 0 Å². The largest absolute Gasteiger partial charge is 0.496 e. The summed E-state index contributed by atoms with van der Waals surface area (Å²) in [6, 6.07) is 13.2. The minimum absolute atomic E-state index is 0.181. The molecule has 0 spiro atoms. The Labute approximate surface area is 219 Å². The molecule has 4 heterocycles. The number of nitrogens with zero attached hydrogens (tertiary/aromatic N) is 4. The van der Waals surface area contributed by atoms with Gasteiger partial charge in [0.1, 0.15) is 29.0 Å². The number of imidazole rings is 1. The van der Waals surface area contributed by atoms with E-state index in [0.29, 0.717) is 45.5 Å². The molecule has 2 aromatic carbocycles. The number of hydrogen-bond acceptors (Lipinski definition) is 6. The van der Waals surface area contributed by atoms with Crippen LogP contribution in [0.15, 0.2) is 42.6 Å². The third-order valence-electron chi connectivity index (χ3n) is 7.50. The van der Waals surface area contributed by atoms with E-state index in [1.165, 1.54) is 25.8 Å².